The van der Waals surface area contributed by atoms with Gasteiger partial charge in [-0.05, 0) is 33.2 Å². The molecule has 0 aromatic carbocycles. The van der Waals surface area contributed by atoms with Crippen molar-refractivity contribution in [3.05, 3.63) is 0 Å². The van der Waals surface area contributed by atoms with Crippen molar-refractivity contribution in [1.29, 1.82) is 0 Å². The third kappa shape index (κ3) is 5.34. The quantitative estimate of drug-likeness (QED) is 0.739. The van der Waals surface area contributed by atoms with Gasteiger partial charge in [-0.3, -0.25) is 0 Å². The fourth-order valence-corrected chi connectivity index (χ4v) is 2.03. The Morgan fingerprint density at radius 2 is 2.18 bits per heavy atom. The Morgan fingerprint density at radius 3 is 2.71 bits per heavy atom. The number of likely N-dealkylation sites (N-methyl/N-ethyl adjacent to an activating group) is 1. The van der Waals surface area contributed by atoms with Gasteiger partial charge in [-0.25, -0.2) is 0 Å². The lowest BCUT2D eigenvalue weighted by Crippen LogP contribution is -2.47. The zero-order valence-corrected chi connectivity index (χ0v) is 11.6. The average molecular weight is 245 g/mol. The van der Waals surface area contributed by atoms with Gasteiger partial charge < -0.3 is 19.5 Å². The van der Waals surface area contributed by atoms with E-state index in [4.69, 9.17) is 14.2 Å². The van der Waals surface area contributed by atoms with Crippen molar-refractivity contribution in [2.45, 2.75) is 51.4 Å². The summed E-state index contributed by atoms with van der Waals surface area (Å²) < 4.78 is 16.7. The number of nitrogens with one attached hydrogen (secondary N) is 1. The second kappa shape index (κ2) is 7.31. The van der Waals surface area contributed by atoms with E-state index in [1.54, 1.807) is 7.11 Å². The van der Waals surface area contributed by atoms with Gasteiger partial charge in [0.15, 0.2) is 0 Å². The third-order valence-electron chi connectivity index (χ3n) is 3.37. The molecule has 0 aromatic heterocycles. The van der Waals surface area contributed by atoms with Crippen LogP contribution in [0.2, 0.25) is 0 Å². The summed E-state index contributed by atoms with van der Waals surface area (Å²) in [6.45, 7) is 9.45. The highest BCUT2D eigenvalue weighted by atomic mass is 16.6. The standard InChI is InChI=1S/C13H27NO3/c1-5-14-11(6-7-13(2,3)15-4)12-10-16-8-9-17-12/h11-12,14H,5-10H2,1-4H3. The first-order chi connectivity index (χ1) is 8.09. The Labute approximate surface area is 105 Å². The van der Waals surface area contributed by atoms with Crippen LogP contribution in [0.5, 0.6) is 0 Å². The average Bonchev–Trinajstić information content (AvgIpc) is 2.35. The third-order valence-corrected chi connectivity index (χ3v) is 3.37. The van der Waals surface area contributed by atoms with E-state index in [1.807, 2.05) is 0 Å². The van der Waals surface area contributed by atoms with Crippen LogP contribution in [0.4, 0.5) is 0 Å². The second-order valence-electron chi connectivity index (χ2n) is 5.15. The Balaban J connectivity index is 2.41. The number of hydrogen-bond donors (Lipinski definition) is 1. The SMILES string of the molecule is CCNC(CCC(C)(C)OC)C1COCCO1. The predicted molar refractivity (Wildman–Crippen MR) is 68.3 cm³/mol. The molecule has 17 heavy (non-hydrogen) atoms. The van der Waals surface area contributed by atoms with Gasteiger partial charge >= 0.3 is 0 Å². The molecule has 0 aromatic rings. The Bertz CT molecular complexity index is 203. The molecule has 2 atom stereocenters. The summed E-state index contributed by atoms with van der Waals surface area (Å²) in [5.41, 5.74) is -0.0663. The van der Waals surface area contributed by atoms with Gasteiger partial charge in [-0.15, -0.1) is 0 Å². The molecule has 4 nitrogen and oxygen atoms in total. The monoisotopic (exact) mass is 245 g/mol. The molecule has 1 N–H and O–H groups in total. The van der Waals surface area contributed by atoms with Crippen LogP contribution in [0.25, 0.3) is 0 Å². The molecule has 0 aliphatic carbocycles. The van der Waals surface area contributed by atoms with Gasteiger partial charge in [-0.1, -0.05) is 6.92 Å². The van der Waals surface area contributed by atoms with E-state index in [-0.39, 0.29) is 11.7 Å². The second-order valence-corrected chi connectivity index (χ2v) is 5.15. The van der Waals surface area contributed by atoms with Crippen LogP contribution < -0.4 is 5.32 Å². The van der Waals surface area contributed by atoms with Crippen molar-refractivity contribution in [2.75, 3.05) is 33.5 Å². The maximum Gasteiger partial charge on any atom is 0.0962 e. The molecule has 0 bridgehead atoms. The molecule has 0 amide bonds. The summed E-state index contributed by atoms with van der Waals surface area (Å²) in [5, 5.41) is 3.49. The zero-order valence-electron chi connectivity index (χ0n) is 11.6. The van der Waals surface area contributed by atoms with Crippen LogP contribution in [-0.4, -0.2) is 51.2 Å². The molecule has 1 heterocycles. The van der Waals surface area contributed by atoms with Gasteiger partial charge in [0.2, 0.25) is 0 Å². The van der Waals surface area contributed by atoms with Crippen molar-refractivity contribution in [2.24, 2.45) is 0 Å². The summed E-state index contributed by atoms with van der Waals surface area (Å²) in [7, 11) is 1.77. The minimum atomic E-state index is -0.0663. The lowest BCUT2D eigenvalue weighted by molar-refractivity contribution is -0.104. The van der Waals surface area contributed by atoms with Crippen LogP contribution in [0.15, 0.2) is 0 Å². The van der Waals surface area contributed by atoms with Crippen LogP contribution in [0, 0.1) is 0 Å². The van der Waals surface area contributed by atoms with Crippen molar-refractivity contribution < 1.29 is 14.2 Å². The van der Waals surface area contributed by atoms with E-state index in [0.29, 0.717) is 19.3 Å². The van der Waals surface area contributed by atoms with Crippen molar-refractivity contribution in [1.82, 2.24) is 5.32 Å². The summed E-state index contributed by atoms with van der Waals surface area (Å²) >= 11 is 0. The molecular weight excluding hydrogens is 218 g/mol. The van der Waals surface area contributed by atoms with E-state index in [9.17, 15) is 0 Å². The number of hydrogen-bond acceptors (Lipinski definition) is 4. The molecule has 1 fully saturated rings. The summed E-state index contributed by atoms with van der Waals surface area (Å²) in [4.78, 5) is 0. The molecule has 0 spiro atoms. The zero-order chi connectivity index (χ0) is 12.7. The first-order valence-corrected chi connectivity index (χ1v) is 6.57. The predicted octanol–water partition coefficient (Wildman–Crippen LogP) is 1.59. The van der Waals surface area contributed by atoms with Crippen molar-refractivity contribution >= 4 is 0 Å². The van der Waals surface area contributed by atoms with Gasteiger partial charge in [-0.2, -0.15) is 0 Å². The Morgan fingerprint density at radius 1 is 1.41 bits per heavy atom. The number of rotatable bonds is 7. The molecule has 1 aliphatic heterocycles. The lowest BCUT2D eigenvalue weighted by atomic mass is 9.96. The first-order valence-electron chi connectivity index (χ1n) is 6.57. The molecule has 4 heteroatoms. The fourth-order valence-electron chi connectivity index (χ4n) is 2.03. The smallest absolute Gasteiger partial charge is 0.0962 e. The minimum absolute atomic E-state index is 0.0663. The molecule has 1 saturated heterocycles. The fraction of sp³-hybridized carbons (Fsp3) is 1.00. The van der Waals surface area contributed by atoms with E-state index in [2.05, 4.69) is 26.1 Å². The van der Waals surface area contributed by atoms with Crippen LogP contribution in [0.1, 0.15) is 33.6 Å². The number of ether oxygens (including phenoxy) is 3. The van der Waals surface area contributed by atoms with Crippen molar-refractivity contribution in [3.63, 3.8) is 0 Å². The number of methoxy groups -OCH3 is 1. The van der Waals surface area contributed by atoms with E-state index in [0.717, 1.165) is 26.0 Å². The topological polar surface area (TPSA) is 39.7 Å². The normalized spacial score (nSPS) is 23.6. The molecule has 0 radical (unpaired) electrons. The first kappa shape index (κ1) is 14.9. The maximum atomic E-state index is 5.76. The van der Waals surface area contributed by atoms with Crippen LogP contribution >= 0.6 is 0 Å². The minimum Gasteiger partial charge on any atom is -0.379 e. The molecule has 102 valence electrons. The van der Waals surface area contributed by atoms with Crippen LogP contribution in [-0.2, 0) is 14.2 Å². The van der Waals surface area contributed by atoms with E-state index in [1.165, 1.54) is 0 Å². The molecule has 1 rings (SSSR count). The maximum absolute atomic E-state index is 5.76. The largest absolute Gasteiger partial charge is 0.379 e. The van der Waals surface area contributed by atoms with Gasteiger partial charge in [0.1, 0.15) is 0 Å². The highest BCUT2D eigenvalue weighted by molar-refractivity contribution is 4.81. The molecule has 2 unspecified atom stereocenters. The molecule has 1 aliphatic rings. The van der Waals surface area contributed by atoms with E-state index < -0.39 is 0 Å². The van der Waals surface area contributed by atoms with Gasteiger partial charge in [0.25, 0.3) is 0 Å². The summed E-state index contributed by atoms with van der Waals surface area (Å²) in [5.74, 6) is 0. The summed E-state index contributed by atoms with van der Waals surface area (Å²) in [6, 6.07) is 0.356. The van der Waals surface area contributed by atoms with Crippen LogP contribution in [0.3, 0.4) is 0 Å². The highest BCUT2D eigenvalue weighted by Gasteiger charge is 2.27. The van der Waals surface area contributed by atoms with E-state index >= 15 is 0 Å². The molecule has 0 saturated carbocycles. The van der Waals surface area contributed by atoms with Crippen molar-refractivity contribution in [3.8, 4) is 0 Å². The molecular formula is C13H27NO3. The van der Waals surface area contributed by atoms with Gasteiger partial charge in [0, 0.05) is 13.2 Å². The highest BCUT2D eigenvalue weighted by Crippen LogP contribution is 2.19. The lowest BCUT2D eigenvalue weighted by Gasteiger charge is -2.33. The summed E-state index contributed by atoms with van der Waals surface area (Å²) in [6.07, 6.45) is 2.24. The Hall–Kier alpha value is -0.160. The Kier molecular flexibility index (Phi) is 6.41. The van der Waals surface area contributed by atoms with Gasteiger partial charge in [0.05, 0.1) is 31.5 Å².